The molecule has 0 fully saturated rings. The van der Waals surface area contributed by atoms with Crippen molar-refractivity contribution in [2.24, 2.45) is 0 Å². The Morgan fingerprint density at radius 2 is 1.88 bits per heavy atom. The number of carbonyl (C=O) groups excluding carboxylic acids is 1. The minimum absolute atomic E-state index is 0.0262. The molecule has 0 aliphatic carbocycles. The molecule has 5 heteroatoms. The van der Waals surface area contributed by atoms with Crippen LogP contribution in [-0.2, 0) is 11.3 Å². The van der Waals surface area contributed by atoms with Crippen molar-refractivity contribution in [3.8, 4) is 0 Å². The van der Waals surface area contributed by atoms with Gasteiger partial charge in [-0.2, -0.15) is 0 Å². The van der Waals surface area contributed by atoms with Crippen LogP contribution in [0.1, 0.15) is 22.3 Å². The van der Waals surface area contributed by atoms with Gasteiger partial charge in [-0.05, 0) is 24.7 Å². The third-order valence-electron chi connectivity index (χ3n) is 2.29. The lowest BCUT2D eigenvalue weighted by atomic mass is 10.1. The molecule has 0 saturated heterocycles. The van der Waals surface area contributed by atoms with Crippen molar-refractivity contribution in [2.75, 3.05) is 13.6 Å². The van der Waals surface area contributed by atoms with E-state index in [2.05, 4.69) is 10.6 Å². The first kappa shape index (κ1) is 13.2. The molecule has 5 nitrogen and oxygen atoms in total. The maximum absolute atomic E-state index is 11.3. The Hall–Kier alpha value is -1.88. The number of carboxylic acid groups (broad SMARTS) is 1. The predicted octanol–water partition coefficient (Wildman–Crippen LogP) is 0.610. The van der Waals surface area contributed by atoms with Gasteiger partial charge in [0.25, 0.3) is 0 Å². The van der Waals surface area contributed by atoms with Crippen LogP contribution in [0.2, 0.25) is 0 Å². The number of hydrogen-bond acceptors (Lipinski definition) is 3. The molecule has 0 heterocycles. The van der Waals surface area contributed by atoms with Crippen molar-refractivity contribution < 1.29 is 14.7 Å². The van der Waals surface area contributed by atoms with Crippen LogP contribution in [0.5, 0.6) is 0 Å². The van der Waals surface area contributed by atoms with E-state index < -0.39 is 5.97 Å². The van der Waals surface area contributed by atoms with Gasteiger partial charge in [0.05, 0.1) is 5.56 Å². The van der Waals surface area contributed by atoms with Gasteiger partial charge < -0.3 is 15.7 Å². The summed E-state index contributed by atoms with van der Waals surface area (Å²) in [6.45, 7) is 1.06. The van der Waals surface area contributed by atoms with Gasteiger partial charge in [-0.3, -0.25) is 4.79 Å². The van der Waals surface area contributed by atoms with Gasteiger partial charge in [0.2, 0.25) is 5.91 Å². The van der Waals surface area contributed by atoms with Crippen LogP contribution in [0, 0.1) is 0 Å². The van der Waals surface area contributed by atoms with Crippen molar-refractivity contribution in [1.29, 1.82) is 0 Å². The normalized spacial score (nSPS) is 9.94. The first-order valence-electron chi connectivity index (χ1n) is 5.37. The molecule has 0 saturated carbocycles. The molecule has 0 spiro atoms. The molecule has 1 amide bonds. The molecule has 1 aromatic rings. The Labute approximate surface area is 99.8 Å². The lowest BCUT2D eigenvalue weighted by molar-refractivity contribution is -0.121. The fourth-order valence-electron chi connectivity index (χ4n) is 1.29. The van der Waals surface area contributed by atoms with Gasteiger partial charge in [-0.25, -0.2) is 4.79 Å². The Kier molecular flexibility index (Phi) is 5.16. The molecule has 1 aromatic carbocycles. The summed E-state index contributed by atoms with van der Waals surface area (Å²) >= 11 is 0. The van der Waals surface area contributed by atoms with E-state index in [1.807, 2.05) is 0 Å². The number of aromatic carboxylic acids is 1. The van der Waals surface area contributed by atoms with Crippen LogP contribution in [0.25, 0.3) is 0 Å². The number of hydrogen-bond donors (Lipinski definition) is 3. The number of carbonyl (C=O) groups is 2. The van der Waals surface area contributed by atoms with Crippen molar-refractivity contribution in [3.05, 3.63) is 35.4 Å². The van der Waals surface area contributed by atoms with Gasteiger partial charge in [-0.1, -0.05) is 12.1 Å². The highest BCUT2D eigenvalue weighted by molar-refractivity contribution is 5.87. The van der Waals surface area contributed by atoms with Gasteiger partial charge in [-0.15, -0.1) is 0 Å². The van der Waals surface area contributed by atoms with Crippen LogP contribution in [0.3, 0.4) is 0 Å². The molecule has 92 valence electrons. The Morgan fingerprint density at radius 1 is 1.24 bits per heavy atom. The number of benzene rings is 1. The van der Waals surface area contributed by atoms with Crippen LogP contribution in [-0.4, -0.2) is 30.6 Å². The minimum Gasteiger partial charge on any atom is -0.478 e. The number of carboxylic acids is 1. The molecular weight excluding hydrogens is 220 g/mol. The summed E-state index contributed by atoms with van der Waals surface area (Å²) in [5.41, 5.74) is 1.13. The number of nitrogens with one attached hydrogen (secondary N) is 2. The third kappa shape index (κ3) is 4.65. The lowest BCUT2D eigenvalue weighted by Crippen LogP contribution is -2.26. The van der Waals surface area contributed by atoms with Gasteiger partial charge in [0.1, 0.15) is 0 Å². The quantitative estimate of drug-likeness (QED) is 0.676. The number of amides is 1. The molecule has 1 rings (SSSR count). The van der Waals surface area contributed by atoms with Gasteiger partial charge in [0.15, 0.2) is 0 Å². The molecule has 0 aliphatic heterocycles. The molecule has 0 bridgehead atoms. The Balaban J connectivity index is 2.42. The van der Waals surface area contributed by atoms with Crippen LogP contribution < -0.4 is 10.6 Å². The van der Waals surface area contributed by atoms with Crippen LogP contribution >= 0.6 is 0 Å². The first-order chi connectivity index (χ1) is 8.13. The van der Waals surface area contributed by atoms with Crippen molar-refractivity contribution in [2.45, 2.75) is 13.0 Å². The zero-order valence-electron chi connectivity index (χ0n) is 9.69. The first-order valence-corrected chi connectivity index (χ1v) is 5.37. The molecule has 0 atom stereocenters. The molecule has 17 heavy (non-hydrogen) atoms. The van der Waals surface area contributed by atoms with Crippen LogP contribution in [0.4, 0.5) is 0 Å². The maximum Gasteiger partial charge on any atom is 0.335 e. The minimum atomic E-state index is -0.949. The van der Waals surface area contributed by atoms with Gasteiger partial charge in [0, 0.05) is 19.5 Å². The summed E-state index contributed by atoms with van der Waals surface area (Å²) in [5, 5.41) is 14.4. The Bertz CT molecular complexity index is 387. The molecule has 0 unspecified atom stereocenters. The topological polar surface area (TPSA) is 78.4 Å². The maximum atomic E-state index is 11.3. The highest BCUT2D eigenvalue weighted by Gasteiger charge is 2.03. The monoisotopic (exact) mass is 236 g/mol. The van der Waals surface area contributed by atoms with E-state index in [0.717, 1.165) is 5.56 Å². The van der Waals surface area contributed by atoms with Crippen molar-refractivity contribution in [1.82, 2.24) is 10.6 Å². The fraction of sp³-hybridized carbons (Fsp3) is 0.333. The van der Waals surface area contributed by atoms with E-state index in [4.69, 9.17) is 5.11 Å². The van der Waals surface area contributed by atoms with E-state index in [1.165, 1.54) is 12.1 Å². The van der Waals surface area contributed by atoms with E-state index in [-0.39, 0.29) is 11.5 Å². The molecule has 0 radical (unpaired) electrons. The summed E-state index contributed by atoms with van der Waals surface area (Å²) in [7, 11) is 1.79. The highest BCUT2D eigenvalue weighted by Crippen LogP contribution is 2.04. The van der Waals surface area contributed by atoms with E-state index >= 15 is 0 Å². The second kappa shape index (κ2) is 6.65. The second-order valence-corrected chi connectivity index (χ2v) is 3.63. The summed E-state index contributed by atoms with van der Waals surface area (Å²) in [4.78, 5) is 21.9. The molecule has 0 aliphatic rings. The van der Waals surface area contributed by atoms with Crippen molar-refractivity contribution in [3.63, 3.8) is 0 Å². The fourth-order valence-corrected chi connectivity index (χ4v) is 1.29. The smallest absolute Gasteiger partial charge is 0.335 e. The van der Waals surface area contributed by atoms with Gasteiger partial charge >= 0.3 is 5.97 Å². The summed E-state index contributed by atoms with van der Waals surface area (Å²) in [6, 6.07) is 6.44. The van der Waals surface area contributed by atoms with Crippen molar-refractivity contribution >= 4 is 11.9 Å². The van der Waals surface area contributed by atoms with Crippen LogP contribution in [0.15, 0.2) is 24.3 Å². The SMILES string of the molecule is CNCCC(=O)NCc1ccc(C(=O)O)cc1. The van der Waals surface area contributed by atoms with E-state index in [9.17, 15) is 9.59 Å². The summed E-state index contributed by atoms with van der Waals surface area (Å²) in [5.74, 6) is -0.976. The average molecular weight is 236 g/mol. The Morgan fingerprint density at radius 3 is 2.41 bits per heavy atom. The largest absolute Gasteiger partial charge is 0.478 e. The molecular formula is C12H16N2O3. The second-order valence-electron chi connectivity index (χ2n) is 3.63. The molecule has 0 aromatic heterocycles. The summed E-state index contributed by atoms with van der Waals surface area (Å²) in [6.07, 6.45) is 0.434. The predicted molar refractivity (Wildman–Crippen MR) is 63.8 cm³/mol. The van der Waals surface area contributed by atoms with E-state index in [0.29, 0.717) is 19.5 Å². The zero-order valence-corrected chi connectivity index (χ0v) is 9.69. The lowest BCUT2D eigenvalue weighted by Gasteiger charge is -2.05. The molecule has 3 N–H and O–H groups in total. The third-order valence-corrected chi connectivity index (χ3v) is 2.29. The standard InChI is InChI=1S/C12H16N2O3/c1-13-7-6-11(15)14-8-9-2-4-10(5-3-9)12(16)17/h2-5,13H,6-8H2,1H3,(H,14,15)(H,16,17). The zero-order chi connectivity index (χ0) is 12.7. The average Bonchev–Trinajstić information content (AvgIpc) is 2.34. The number of rotatable bonds is 6. The highest BCUT2D eigenvalue weighted by atomic mass is 16.4. The van der Waals surface area contributed by atoms with E-state index in [1.54, 1.807) is 19.2 Å². The summed E-state index contributed by atoms with van der Waals surface area (Å²) < 4.78 is 0.